The summed E-state index contributed by atoms with van der Waals surface area (Å²) < 4.78 is 1.49. The third kappa shape index (κ3) is 1.73. The summed E-state index contributed by atoms with van der Waals surface area (Å²) in [4.78, 5) is 10.6. The fourth-order valence-electron chi connectivity index (χ4n) is 1.88. The molecule has 0 aliphatic heterocycles. The topological polar surface area (TPSA) is 87.0 Å². The standard InChI is InChI=1S/C11H12N4O2/c1-7-10(15(16)17)11(14(2)13-7)8-5-3-4-6-9(8)12/h3-6H,12H2,1-2H3. The highest BCUT2D eigenvalue weighted by atomic mass is 16.6. The Labute approximate surface area is 97.8 Å². The Morgan fingerprint density at radius 2 is 2.06 bits per heavy atom. The van der Waals surface area contributed by atoms with Crippen LogP contribution < -0.4 is 5.73 Å². The minimum Gasteiger partial charge on any atom is -0.398 e. The van der Waals surface area contributed by atoms with Gasteiger partial charge in [-0.05, 0) is 13.0 Å². The van der Waals surface area contributed by atoms with Crippen LogP contribution in [0.25, 0.3) is 11.3 Å². The van der Waals surface area contributed by atoms with Gasteiger partial charge in [0.05, 0.1) is 4.92 Å². The second kappa shape index (κ2) is 3.89. The van der Waals surface area contributed by atoms with Gasteiger partial charge in [-0.25, -0.2) is 0 Å². The molecular weight excluding hydrogens is 220 g/mol. The summed E-state index contributed by atoms with van der Waals surface area (Å²) in [5, 5.41) is 15.1. The molecule has 6 nitrogen and oxygen atoms in total. The van der Waals surface area contributed by atoms with Gasteiger partial charge in [-0.2, -0.15) is 5.10 Å². The van der Waals surface area contributed by atoms with Crippen molar-refractivity contribution in [3.63, 3.8) is 0 Å². The van der Waals surface area contributed by atoms with Crippen LogP contribution in [0, 0.1) is 17.0 Å². The van der Waals surface area contributed by atoms with Crippen molar-refractivity contribution in [2.45, 2.75) is 6.92 Å². The number of nitrogen functional groups attached to an aromatic ring is 1. The third-order valence-corrected chi connectivity index (χ3v) is 2.59. The van der Waals surface area contributed by atoms with Crippen LogP contribution in [-0.4, -0.2) is 14.7 Å². The number of nitrogens with zero attached hydrogens (tertiary/aromatic N) is 3. The number of nitrogens with two attached hydrogens (primary N) is 1. The number of benzene rings is 1. The molecule has 2 N–H and O–H groups in total. The fourth-order valence-corrected chi connectivity index (χ4v) is 1.88. The number of anilines is 1. The van der Waals surface area contributed by atoms with Gasteiger partial charge in [-0.1, -0.05) is 18.2 Å². The fraction of sp³-hybridized carbons (Fsp3) is 0.182. The average molecular weight is 232 g/mol. The van der Waals surface area contributed by atoms with Crippen LogP contribution in [-0.2, 0) is 7.05 Å². The Morgan fingerprint density at radius 3 is 2.65 bits per heavy atom. The van der Waals surface area contributed by atoms with E-state index in [0.717, 1.165) is 0 Å². The van der Waals surface area contributed by atoms with Crippen LogP contribution in [0.2, 0.25) is 0 Å². The first-order chi connectivity index (χ1) is 8.02. The van der Waals surface area contributed by atoms with E-state index < -0.39 is 4.92 Å². The number of para-hydroxylation sites is 1. The molecule has 6 heteroatoms. The van der Waals surface area contributed by atoms with E-state index in [1.807, 2.05) is 0 Å². The van der Waals surface area contributed by atoms with Crippen molar-refractivity contribution >= 4 is 11.4 Å². The minimum atomic E-state index is -0.426. The second-order valence-corrected chi connectivity index (χ2v) is 3.75. The lowest BCUT2D eigenvalue weighted by Gasteiger charge is -2.04. The van der Waals surface area contributed by atoms with Crippen molar-refractivity contribution in [3.8, 4) is 11.3 Å². The molecule has 0 radical (unpaired) electrons. The average Bonchev–Trinajstić information content (AvgIpc) is 2.54. The highest BCUT2D eigenvalue weighted by Gasteiger charge is 2.25. The van der Waals surface area contributed by atoms with Crippen LogP contribution in [0.5, 0.6) is 0 Å². The smallest absolute Gasteiger partial charge is 0.317 e. The van der Waals surface area contributed by atoms with Gasteiger partial charge >= 0.3 is 5.69 Å². The highest BCUT2D eigenvalue weighted by Crippen LogP contribution is 2.34. The molecule has 17 heavy (non-hydrogen) atoms. The van der Waals surface area contributed by atoms with Crippen molar-refractivity contribution in [2.75, 3.05) is 5.73 Å². The van der Waals surface area contributed by atoms with Crippen molar-refractivity contribution < 1.29 is 4.92 Å². The van der Waals surface area contributed by atoms with Crippen LogP contribution in [0.1, 0.15) is 5.69 Å². The molecule has 1 aromatic heterocycles. The van der Waals surface area contributed by atoms with Crippen LogP contribution in [0.3, 0.4) is 0 Å². The van der Waals surface area contributed by atoms with Crippen molar-refractivity contribution in [1.82, 2.24) is 9.78 Å². The van der Waals surface area contributed by atoms with Gasteiger partial charge in [0.1, 0.15) is 11.4 Å². The van der Waals surface area contributed by atoms with Gasteiger partial charge in [-0.3, -0.25) is 14.8 Å². The predicted octanol–water partition coefficient (Wildman–Crippen LogP) is 1.89. The summed E-state index contributed by atoms with van der Waals surface area (Å²) in [7, 11) is 1.67. The Morgan fingerprint density at radius 1 is 1.41 bits per heavy atom. The maximum absolute atomic E-state index is 11.1. The summed E-state index contributed by atoms with van der Waals surface area (Å²) in [5.41, 5.74) is 7.79. The molecule has 0 amide bonds. The molecule has 0 unspecified atom stereocenters. The van der Waals surface area contributed by atoms with Crippen molar-refractivity contribution in [2.24, 2.45) is 7.05 Å². The van der Waals surface area contributed by atoms with Crippen LogP contribution in [0.15, 0.2) is 24.3 Å². The van der Waals surface area contributed by atoms with E-state index in [4.69, 9.17) is 5.73 Å². The van der Waals surface area contributed by atoms with E-state index in [2.05, 4.69) is 5.10 Å². The Kier molecular flexibility index (Phi) is 2.55. The van der Waals surface area contributed by atoms with Gasteiger partial charge in [0.25, 0.3) is 0 Å². The zero-order valence-corrected chi connectivity index (χ0v) is 9.54. The summed E-state index contributed by atoms with van der Waals surface area (Å²) in [6, 6.07) is 7.03. The van der Waals surface area contributed by atoms with Crippen LogP contribution in [0.4, 0.5) is 11.4 Å². The third-order valence-electron chi connectivity index (χ3n) is 2.59. The molecule has 2 rings (SSSR count). The molecule has 2 aromatic rings. The number of aryl methyl sites for hydroxylation is 2. The second-order valence-electron chi connectivity index (χ2n) is 3.75. The van der Waals surface area contributed by atoms with Crippen molar-refractivity contribution in [1.29, 1.82) is 0 Å². The summed E-state index contributed by atoms with van der Waals surface area (Å²) >= 11 is 0. The normalized spacial score (nSPS) is 10.5. The summed E-state index contributed by atoms with van der Waals surface area (Å²) in [6.45, 7) is 1.61. The zero-order valence-electron chi connectivity index (χ0n) is 9.54. The summed E-state index contributed by atoms with van der Waals surface area (Å²) in [6.07, 6.45) is 0. The SMILES string of the molecule is Cc1nn(C)c(-c2ccccc2N)c1[N+](=O)[O-]. The van der Waals surface area contributed by atoms with Crippen LogP contribution >= 0.6 is 0 Å². The number of hydrogen-bond acceptors (Lipinski definition) is 4. The quantitative estimate of drug-likeness (QED) is 0.486. The van der Waals surface area contributed by atoms with Gasteiger partial charge < -0.3 is 5.73 Å². The molecule has 0 saturated heterocycles. The first kappa shape index (κ1) is 11.1. The predicted molar refractivity (Wildman–Crippen MR) is 64.4 cm³/mol. The molecule has 1 heterocycles. The highest BCUT2D eigenvalue weighted by molar-refractivity contribution is 5.80. The molecule has 0 saturated carbocycles. The maximum Gasteiger partial charge on any atom is 0.317 e. The van der Waals surface area contributed by atoms with Gasteiger partial charge in [0.15, 0.2) is 0 Å². The van der Waals surface area contributed by atoms with Crippen molar-refractivity contribution in [3.05, 3.63) is 40.1 Å². The number of nitro groups is 1. The van der Waals surface area contributed by atoms with E-state index in [9.17, 15) is 10.1 Å². The Balaban J connectivity index is 2.76. The van der Waals surface area contributed by atoms with Gasteiger partial charge in [0, 0.05) is 18.3 Å². The van der Waals surface area contributed by atoms with E-state index >= 15 is 0 Å². The number of aromatic nitrogens is 2. The van der Waals surface area contributed by atoms with E-state index in [1.54, 1.807) is 38.2 Å². The van der Waals surface area contributed by atoms with E-state index in [1.165, 1.54) is 4.68 Å². The first-order valence-corrected chi connectivity index (χ1v) is 5.05. The van der Waals surface area contributed by atoms with E-state index in [0.29, 0.717) is 22.6 Å². The molecule has 88 valence electrons. The Hall–Kier alpha value is -2.37. The minimum absolute atomic E-state index is 0.00500. The summed E-state index contributed by atoms with van der Waals surface area (Å²) in [5.74, 6) is 0. The van der Waals surface area contributed by atoms with Gasteiger partial charge in [-0.15, -0.1) is 0 Å². The maximum atomic E-state index is 11.1. The lowest BCUT2D eigenvalue weighted by Crippen LogP contribution is -1.99. The molecule has 0 spiro atoms. The molecule has 0 atom stereocenters. The zero-order chi connectivity index (χ0) is 12.6. The molecular formula is C11H12N4O2. The largest absolute Gasteiger partial charge is 0.398 e. The Bertz CT molecular complexity index is 589. The molecule has 0 bridgehead atoms. The number of hydrogen-bond donors (Lipinski definition) is 1. The molecule has 0 aliphatic carbocycles. The number of rotatable bonds is 2. The molecule has 0 aliphatic rings. The molecule has 0 fully saturated rings. The monoisotopic (exact) mass is 232 g/mol. The molecule has 1 aromatic carbocycles. The lowest BCUT2D eigenvalue weighted by atomic mass is 10.1. The first-order valence-electron chi connectivity index (χ1n) is 5.05. The van der Waals surface area contributed by atoms with E-state index in [-0.39, 0.29) is 5.69 Å². The lowest BCUT2D eigenvalue weighted by molar-refractivity contribution is -0.384. The van der Waals surface area contributed by atoms with Gasteiger partial charge in [0.2, 0.25) is 0 Å².